The highest BCUT2D eigenvalue weighted by atomic mass is 79.9. The number of nitrogen functional groups attached to an aromatic ring is 1. The van der Waals surface area contributed by atoms with Crippen molar-refractivity contribution in [2.75, 3.05) is 12.3 Å². The molecule has 0 spiro atoms. The van der Waals surface area contributed by atoms with Crippen molar-refractivity contribution in [1.29, 1.82) is 0 Å². The Morgan fingerprint density at radius 1 is 1.14 bits per heavy atom. The summed E-state index contributed by atoms with van der Waals surface area (Å²) in [5.41, 5.74) is 12.4. The van der Waals surface area contributed by atoms with E-state index in [4.69, 9.17) is 10.7 Å². The molecular formula is C22H20BrN5. The van der Waals surface area contributed by atoms with E-state index in [9.17, 15) is 0 Å². The van der Waals surface area contributed by atoms with Crippen LogP contribution in [-0.4, -0.2) is 26.4 Å². The molecule has 1 aliphatic rings. The van der Waals surface area contributed by atoms with Crippen molar-refractivity contribution in [3.63, 3.8) is 0 Å². The van der Waals surface area contributed by atoms with Crippen LogP contribution in [0.1, 0.15) is 16.8 Å². The number of rotatable bonds is 3. The van der Waals surface area contributed by atoms with Crippen LogP contribution in [0.2, 0.25) is 0 Å². The number of fused-ring (bicyclic) bond motifs is 2. The smallest absolute Gasteiger partial charge is 0.159 e. The van der Waals surface area contributed by atoms with E-state index in [1.165, 1.54) is 22.0 Å². The third-order valence-corrected chi connectivity index (χ3v) is 5.97. The number of benzene rings is 2. The predicted molar refractivity (Wildman–Crippen MR) is 116 cm³/mol. The van der Waals surface area contributed by atoms with Crippen molar-refractivity contribution in [1.82, 2.24) is 19.9 Å². The van der Waals surface area contributed by atoms with Crippen LogP contribution in [0.3, 0.4) is 0 Å². The normalized spacial score (nSPS) is 14.3. The minimum Gasteiger partial charge on any atom is -0.399 e. The summed E-state index contributed by atoms with van der Waals surface area (Å²) >= 11 is 3.69. The fraction of sp³-hybridized carbons (Fsp3) is 0.182. The number of nitrogens with two attached hydrogens (primary N) is 1. The zero-order valence-electron chi connectivity index (χ0n) is 15.3. The van der Waals surface area contributed by atoms with Crippen molar-refractivity contribution in [2.24, 2.45) is 0 Å². The van der Waals surface area contributed by atoms with Crippen molar-refractivity contribution in [3.8, 4) is 11.4 Å². The van der Waals surface area contributed by atoms with Gasteiger partial charge in [-0.3, -0.25) is 4.90 Å². The lowest BCUT2D eigenvalue weighted by Crippen LogP contribution is -2.30. The highest BCUT2D eigenvalue weighted by molar-refractivity contribution is 9.10. The van der Waals surface area contributed by atoms with E-state index in [1.54, 1.807) is 0 Å². The van der Waals surface area contributed by atoms with Crippen LogP contribution in [0.25, 0.3) is 22.3 Å². The van der Waals surface area contributed by atoms with Crippen LogP contribution >= 0.6 is 15.9 Å². The lowest BCUT2D eigenvalue weighted by molar-refractivity contribution is 0.244. The number of nitrogens with one attached hydrogen (secondary N) is 1. The third-order valence-electron chi connectivity index (χ3n) is 5.31. The highest BCUT2D eigenvalue weighted by Crippen LogP contribution is 2.29. The third kappa shape index (κ3) is 3.19. The SMILES string of the molecule is Nc1ccc(-c2ncc3c(n2)CCN(Cc2c[nH]c4cccc(Br)c24)C3)cc1. The number of H-pyrrole nitrogens is 1. The number of aromatic nitrogens is 3. The average molecular weight is 434 g/mol. The minimum absolute atomic E-state index is 0.751. The molecule has 0 fully saturated rings. The fourth-order valence-electron chi connectivity index (χ4n) is 3.85. The van der Waals surface area contributed by atoms with Crippen molar-refractivity contribution >= 4 is 32.5 Å². The van der Waals surface area contributed by atoms with E-state index in [2.05, 4.69) is 55.2 Å². The Morgan fingerprint density at radius 3 is 2.86 bits per heavy atom. The van der Waals surface area contributed by atoms with E-state index in [1.807, 2.05) is 30.5 Å². The van der Waals surface area contributed by atoms with E-state index < -0.39 is 0 Å². The molecule has 4 aromatic rings. The maximum absolute atomic E-state index is 5.78. The van der Waals surface area contributed by atoms with Crippen LogP contribution in [0, 0.1) is 0 Å². The van der Waals surface area contributed by atoms with E-state index in [-0.39, 0.29) is 0 Å². The van der Waals surface area contributed by atoms with Gasteiger partial charge in [0.1, 0.15) is 0 Å². The van der Waals surface area contributed by atoms with Gasteiger partial charge in [-0.05, 0) is 42.0 Å². The molecule has 2 aromatic carbocycles. The molecule has 0 radical (unpaired) electrons. The van der Waals surface area contributed by atoms with Gasteiger partial charge in [0.15, 0.2) is 5.82 Å². The van der Waals surface area contributed by atoms with Crippen LogP contribution < -0.4 is 5.73 Å². The summed E-state index contributed by atoms with van der Waals surface area (Å²) in [6.45, 7) is 2.76. The standard InChI is InChI=1S/C22H20BrN5/c23-18-2-1-3-20-21(18)16(11-25-20)13-28-9-8-19-15(12-28)10-26-22(27-19)14-4-6-17(24)7-5-14/h1-7,10-11,25H,8-9,12-13,24H2. The summed E-state index contributed by atoms with van der Waals surface area (Å²) < 4.78 is 1.13. The second-order valence-electron chi connectivity index (χ2n) is 7.22. The topological polar surface area (TPSA) is 70.8 Å². The molecule has 3 heterocycles. The second kappa shape index (κ2) is 7.04. The summed E-state index contributed by atoms with van der Waals surface area (Å²) in [7, 11) is 0. The van der Waals surface area contributed by atoms with E-state index in [0.29, 0.717) is 0 Å². The van der Waals surface area contributed by atoms with Crippen molar-refractivity contribution in [2.45, 2.75) is 19.5 Å². The van der Waals surface area contributed by atoms with Gasteiger partial charge in [0.05, 0.1) is 5.69 Å². The van der Waals surface area contributed by atoms with Crippen LogP contribution in [0.15, 0.2) is 59.3 Å². The summed E-state index contributed by atoms with van der Waals surface area (Å²) in [6.07, 6.45) is 5.03. The van der Waals surface area contributed by atoms with Gasteiger partial charge in [0.2, 0.25) is 0 Å². The number of halogens is 1. The zero-order chi connectivity index (χ0) is 19.1. The van der Waals surface area contributed by atoms with Crippen LogP contribution in [-0.2, 0) is 19.5 Å². The molecule has 0 unspecified atom stereocenters. The molecule has 0 amide bonds. The molecule has 0 aliphatic carbocycles. The summed E-state index contributed by atoms with van der Waals surface area (Å²) in [4.78, 5) is 15.2. The van der Waals surface area contributed by atoms with Gasteiger partial charge < -0.3 is 10.7 Å². The number of aromatic amines is 1. The Bertz CT molecular complexity index is 1150. The van der Waals surface area contributed by atoms with Gasteiger partial charge in [-0.15, -0.1) is 0 Å². The first-order valence-corrected chi connectivity index (χ1v) is 10.1. The molecule has 28 heavy (non-hydrogen) atoms. The van der Waals surface area contributed by atoms with Gasteiger partial charge in [-0.1, -0.05) is 22.0 Å². The molecule has 0 saturated carbocycles. The van der Waals surface area contributed by atoms with Crippen LogP contribution in [0.5, 0.6) is 0 Å². The maximum atomic E-state index is 5.78. The Balaban J connectivity index is 1.37. The Labute approximate surface area is 171 Å². The molecular weight excluding hydrogens is 414 g/mol. The van der Waals surface area contributed by atoms with Gasteiger partial charge >= 0.3 is 0 Å². The van der Waals surface area contributed by atoms with Crippen molar-refractivity contribution < 1.29 is 0 Å². The largest absolute Gasteiger partial charge is 0.399 e. The lowest BCUT2D eigenvalue weighted by Gasteiger charge is -2.28. The quantitative estimate of drug-likeness (QED) is 0.465. The summed E-state index contributed by atoms with van der Waals surface area (Å²) in [6, 6.07) is 14.0. The molecule has 6 heteroatoms. The first-order chi connectivity index (χ1) is 13.7. The van der Waals surface area contributed by atoms with E-state index >= 15 is 0 Å². The second-order valence-corrected chi connectivity index (χ2v) is 8.08. The molecule has 2 aromatic heterocycles. The monoisotopic (exact) mass is 433 g/mol. The van der Waals surface area contributed by atoms with Crippen LogP contribution in [0.4, 0.5) is 5.69 Å². The Kier molecular flexibility index (Phi) is 4.37. The van der Waals surface area contributed by atoms with Gasteiger partial charge in [-0.2, -0.15) is 0 Å². The minimum atomic E-state index is 0.751. The molecule has 0 atom stereocenters. The Morgan fingerprint density at radius 2 is 2.00 bits per heavy atom. The fourth-order valence-corrected chi connectivity index (χ4v) is 4.48. The zero-order valence-corrected chi connectivity index (χ0v) is 16.9. The molecule has 5 nitrogen and oxygen atoms in total. The first kappa shape index (κ1) is 17.4. The maximum Gasteiger partial charge on any atom is 0.159 e. The van der Waals surface area contributed by atoms with Crippen molar-refractivity contribution in [3.05, 3.63) is 76.2 Å². The number of anilines is 1. The summed E-state index contributed by atoms with van der Waals surface area (Å²) in [5, 5.41) is 1.27. The average Bonchev–Trinajstić information content (AvgIpc) is 3.12. The predicted octanol–water partition coefficient (Wildman–Crippen LogP) is 4.53. The van der Waals surface area contributed by atoms with Gasteiger partial charge in [0.25, 0.3) is 0 Å². The molecule has 0 saturated heterocycles. The molecule has 1 aliphatic heterocycles. The molecule has 5 rings (SSSR count). The summed E-state index contributed by atoms with van der Waals surface area (Å²) in [5.74, 6) is 0.771. The highest BCUT2D eigenvalue weighted by Gasteiger charge is 2.20. The molecule has 3 N–H and O–H groups in total. The number of nitrogens with zero attached hydrogens (tertiary/aromatic N) is 3. The molecule has 140 valence electrons. The van der Waals surface area contributed by atoms with E-state index in [0.717, 1.165) is 53.3 Å². The van der Waals surface area contributed by atoms with Gasteiger partial charge in [0, 0.05) is 70.6 Å². The first-order valence-electron chi connectivity index (χ1n) is 9.35. The van der Waals surface area contributed by atoms with Gasteiger partial charge in [-0.25, -0.2) is 9.97 Å². The number of hydrogen-bond donors (Lipinski definition) is 2. The Hall–Kier alpha value is -2.70. The molecule has 0 bridgehead atoms. The lowest BCUT2D eigenvalue weighted by atomic mass is 10.1. The number of hydrogen-bond acceptors (Lipinski definition) is 4.